The van der Waals surface area contributed by atoms with Gasteiger partial charge in [-0.05, 0) is 23.8 Å². The summed E-state index contributed by atoms with van der Waals surface area (Å²) in [6.45, 7) is 0. The third kappa shape index (κ3) is 3.35. The van der Waals surface area contributed by atoms with Crippen LogP contribution in [0.1, 0.15) is 5.56 Å². The van der Waals surface area contributed by atoms with Crippen molar-refractivity contribution in [3.8, 4) is 23.1 Å². The number of nitrogens with zero attached hydrogens (tertiary/aromatic N) is 2. The molecule has 0 saturated carbocycles. The number of aromatic nitrogens is 1. The molecule has 0 atom stereocenters. The molecule has 2 N–H and O–H groups in total. The van der Waals surface area contributed by atoms with E-state index in [9.17, 15) is 21.6 Å². The minimum Gasteiger partial charge on any atom is -0.399 e. The fraction of sp³-hybridized carbons (Fsp3) is 0.0769. The van der Waals surface area contributed by atoms with Gasteiger partial charge >= 0.3 is 15.6 Å². The molecule has 6 nitrogen and oxygen atoms in total. The second-order valence-corrected chi connectivity index (χ2v) is 5.79. The highest BCUT2D eigenvalue weighted by Gasteiger charge is 2.49. The van der Waals surface area contributed by atoms with Crippen LogP contribution in [0.5, 0.6) is 5.88 Å². The number of nitrogens with two attached hydrogens (primary N) is 1. The van der Waals surface area contributed by atoms with Gasteiger partial charge in [-0.2, -0.15) is 26.9 Å². The lowest BCUT2D eigenvalue weighted by molar-refractivity contribution is -0.0501. The lowest BCUT2D eigenvalue weighted by Gasteiger charge is -2.11. The Morgan fingerprint density at radius 1 is 1.17 bits per heavy atom. The number of halogens is 3. The van der Waals surface area contributed by atoms with E-state index >= 15 is 0 Å². The van der Waals surface area contributed by atoms with Gasteiger partial charge in [-0.1, -0.05) is 12.1 Å². The number of hydrogen-bond donors (Lipinski definition) is 1. The third-order valence-corrected chi connectivity index (χ3v) is 3.67. The normalized spacial score (nSPS) is 11.7. The minimum atomic E-state index is -5.92. The lowest BCUT2D eigenvalue weighted by Crippen LogP contribution is -2.28. The summed E-state index contributed by atoms with van der Waals surface area (Å²) in [6.07, 6.45) is 1.04. The molecule has 0 saturated heterocycles. The van der Waals surface area contributed by atoms with E-state index in [0.29, 0.717) is 11.3 Å². The highest BCUT2D eigenvalue weighted by molar-refractivity contribution is 7.87. The van der Waals surface area contributed by atoms with Gasteiger partial charge in [-0.25, -0.2) is 4.98 Å². The van der Waals surface area contributed by atoms with E-state index in [1.54, 1.807) is 6.07 Å². The molecule has 0 spiro atoms. The van der Waals surface area contributed by atoms with Crippen LogP contribution in [0.25, 0.3) is 11.1 Å². The second-order valence-electron chi connectivity index (χ2n) is 4.26. The third-order valence-electron chi connectivity index (χ3n) is 2.72. The van der Waals surface area contributed by atoms with Crippen LogP contribution in [-0.4, -0.2) is 18.9 Å². The van der Waals surface area contributed by atoms with E-state index in [2.05, 4.69) is 9.17 Å². The van der Waals surface area contributed by atoms with Crippen molar-refractivity contribution in [1.82, 2.24) is 4.98 Å². The van der Waals surface area contributed by atoms with Gasteiger partial charge in [0, 0.05) is 17.4 Å². The fourth-order valence-electron chi connectivity index (χ4n) is 1.67. The molecule has 0 aliphatic carbocycles. The standard InChI is InChI=1S/C13H8F3N3O3S/c14-13(15,16)23(20,21)22-12-11(7-17)10(5-6-19-12)8-1-3-9(18)4-2-8/h1-6H,18H2. The van der Waals surface area contributed by atoms with Gasteiger partial charge in [0.1, 0.15) is 11.6 Å². The van der Waals surface area contributed by atoms with Crippen molar-refractivity contribution < 1.29 is 25.8 Å². The van der Waals surface area contributed by atoms with E-state index in [1.807, 2.05) is 0 Å². The molecular formula is C13H8F3N3O3S. The molecule has 120 valence electrons. The fourth-order valence-corrected chi connectivity index (χ4v) is 2.10. The van der Waals surface area contributed by atoms with Crippen LogP contribution in [0.2, 0.25) is 0 Å². The Bertz CT molecular complexity index is 872. The molecule has 0 amide bonds. The van der Waals surface area contributed by atoms with Crippen molar-refractivity contribution in [1.29, 1.82) is 5.26 Å². The molecule has 0 bridgehead atoms. The molecule has 1 aromatic carbocycles. The van der Waals surface area contributed by atoms with Crippen LogP contribution in [0.3, 0.4) is 0 Å². The van der Waals surface area contributed by atoms with Crippen molar-refractivity contribution in [2.75, 3.05) is 5.73 Å². The molecule has 0 fully saturated rings. The van der Waals surface area contributed by atoms with Crippen LogP contribution >= 0.6 is 0 Å². The summed E-state index contributed by atoms with van der Waals surface area (Å²) < 4.78 is 63.3. The van der Waals surface area contributed by atoms with Gasteiger partial charge in [0.25, 0.3) is 5.88 Å². The first-order chi connectivity index (χ1) is 10.7. The van der Waals surface area contributed by atoms with Gasteiger partial charge in [0.15, 0.2) is 0 Å². The number of pyridine rings is 1. The van der Waals surface area contributed by atoms with E-state index in [0.717, 1.165) is 6.20 Å². The number of rotatable bonds is 3. The molecular weight excluding hydrogens is 335 g/mol. The Morgan fingerprint density at radius 3 is 2.30 bits per heavy atom. The van der Waals surface area contributed by atoms with Crippen molar-refractivity contribution >= 4 is 15.8 Å². The van der Waals surface area contributed by atoms with Crippen LogP contribution in [-0.2, 0) is 10.1 Å². The molecule has 0 unspecified atom stereocenters. The Kier molecular flexibility index (Phi) is 4.16. The number of alkyl halides is 3. The van der Waals surface area contributed by atoms with E-state index < -0.39 is 27.1 Å². The highest BCUT2D eigenvalue weighted by Crippen LogP contribution is 2.32. The maximum atomic E-state index is 12.4. The molecule has 23 heavy (non-hydrogen) atoms. The summed E-state index contributed by atoms with van der Waals surface area (Å²) in [5.41, 5.74) is 0.505. The first-order valence-corrected chi connectivity index (χ1v) is 7.32. The smallest absolute Gasteiger partial charge is 0.399 e. The Labute approximate surface area is 129 Å². The monoisotopic (exact) mass is 343 g/mol. The summed E-state index contributed by atoms with van der Waals surface area (Å²) in [6, 6.07) is 9.02. The zero-order valence-electron chi connectivity index (χ0n) is 11.2. The number of hydrogen-bond acceptors (Lipinski definition) is 6. The summed E-state index contributed by atoms with van der Waals surface area (Å²) >= 11 is 0. The van der Waals surface area contributed by atoms with Gasteiger partial charge in [0.2, 0.25) is 0 Å². The van der Waals surface area contributed by atoms with Gasteiger partial charge in [-0.3, -0.25) is 0 Å². The quantitative estimate of drug-likeness (QED) is 0.521. The van der Waals surface area contributed by atoms with Crippen molar-refractivity contribution in [2.45, 2.75) is 5.51 Å². The average Bonchev–Trinajstić information content (AvgIpc) is 2.46. The molecule has 2 rings (SSSR count). The maximum Gasteiger partial charge on any atom is 0.534 e. The SMILES string of the molecule is N#Cc1c(-c2ccc(N)cc2)ccnc1OS(=O)(=O)C(F)(F)F. The number of nitriles is 1. The summed E-state index contributed by atoms with van der Waals surface area (Å²) in [5.74, 6) is -0.945. The topological polar surface area (TPSA) is 106 Å². The van der Waals surface area contributed by atoms with Crippen LogP contribution < -0.4 is 9.92 Å². The zero-order chi connectivity index (χ0) is 17.3. The number of nitrogen functional groups attached to an aromatic ring is 1. The van der Waals surface area contributed by atoms with E-state index in [4.69, 9.17) is 11.0 Å². The molecule has 0 aliphatic rings. The highest BCUT2D eigenvalue weighted by atomic mass is 32.2. The van der Waals surface area contributed by atoms with Crippen LogP contribution in [0.4, 0.5) is 18.9 Å². The first-order valence-electron chi connectivity index (χ1n) is 5.91. The van der Waals surface area contributed by atoms with Crippen LogP contribution in [0, 0.1) is 11.3 Å². The second kappa shape index (κ2) is 5.77. The predicted molar refractivity (Wildman–Crippen MR) is 74.4 cm³/mol. The van der Waals surface area contributed by atoms with E-state index in [1.165, 1.54) is 30.3 Å². The van der Waals surface area contributed by atoms with Crippen molar-refractivity contribution in [2.24, 2.45) is 0 Å². The van der Waals surface area contributed by atoms with Gasteiger partial charge < -0.3 is 9.92 Å². The Morgan fingerprint density at radius 2 is 1.78 bits per heavy atom. The molecule has 1 heterocycles. The zero-order valence-corrected chi connectivity index (χ0v) is 12.0. The predicted octanol–water partition coefficient (Wildman–Crippen LogP) is 2.43. The molecule has 10 heteroatoms. The average molecular weight is 343 g/mol. The van der Waals surface area contributed by atoms with Crippen LogP contribution in [0.15, 0.2) is 36.5 Å². The molecule has 2 aromatic rings. The molecule has 0 aliphatic heterocycles. The molecule has 0 radical (unpaired) electrons. The Hall–Kier alpha value is -2.80. The first kappa shape index (κ1) is 16.6. The molecule has 1 aromatic heterocycles. The minimum absolute atomic E-state index is 0.162. The van der Waals surface area contributed by atoms with Crippen molar-refractivity contribution in [3.63, 3.8) is 0 Å². The lowest BCUT2D eigenvalue weighted by atomic mass is 10.0. The van der Waals surface area contributed by atoms with Gasteiger partial charge in [-0.15, -0.1) is 0 Å². The number of benzene rings is 1. The number of anilines is 1. The Balaban J connectivity index is 2.54. The van der Waals surface area contributed by atoms with Gasteiger partial charge in [0.05, 0.1) is 0 Å². The van der Waals surface area contributed by atoms with Crippen molar-refractivity contribution in [3.05, 3.63) is 42.1 Å². The largest absolute Gasteiger partial charge is 0.534 e. The summed E-state index contributed by atoms with van der Waals surface area (Å²) in [4.78, 5) is 3.40. The summed E-state index contributed by atoms with van der Waals surface area (Å²) in [7, 11) is -5.92. The maximum absolute atomic E-state index is 12.4. The van der Waals surface area contributed by atoms with E-state index in [-0.39, 0.29) is 5.56 Å². The summed E-state index contributed by atoms with van der Waals surface area (Å²) in [5, 5.41) is 9.14.